The predicted octanol–water partition coefficient (Wildman–Crippen LogP) is 2.81. The van der Waals surface area contributed by atoms with Crippen LogP contribution in [0.15, 0.2) is 58.4 Å². The molecular weight excluding hydrogens is 330 g/mol. The number of nitrogens with one attached hydrogen (secondary N) is 2. The number of aromatic nitrogens is 3. The number of benzene rings is 2. The summed E-state index contributed by atoms with van der Waals surface area (Å²) in [7, 11) is 0. The third kappa shape index (κ3) is 4.76. The van der Waals surface area contributed by atoms with Crippen LogP contribution in [0.5, 0.6) is 5.75 Å². The van der Waals surface area contributed by atoms with Crippen LogP contribution in [-0.2, 0) is 6.61 Å². The van der Waals surface area contributed by atoms with E-state index in [1.165, 1.54) is 5.56 Å². The summed E-state index contributed by atoms with van der Waals surface area (Å²) < 4.78 is 5.77. The summed E-state index contributed by atoms with van der Waals surface area (Å²) in [5.41, 5.74) is 5.87. The van der Waals surface area contributed by atoms with Crippen molar-refractivity contribution in [3.63, 3.8) is 0 Å². The molecule has 0 radical (unpaired) electrons. The van der Waals surface area contributed by atoms with Crippen LogP contribution in [0, 0.1) is 13.8 Å². The first-order valence-corrected chi connectivity index (χ1v) is 8.11. The standard InChI is InChI=1S/C19H19N5O2/c1-13-3-5-16(6-4-13)12-26-17-9-7-15(8-10-17)11-20-23-19-21-18(25)14(2)22-24-19/h3-11H,12H2,1-2H3,(H2,21,23,24,25)/b20-11-. The predicted molar refractivity (Wildman–Crippen MR) is 101 cm³/mol. The van der Waals surface area contributed by atoms with Crippen molar-refractivity contribution in [1.82, 2.24) is 15.2 Å². The maximum Gasteiger partial charge on any atom is 0.274 e. The second-order valence-corrected chi connectivity index (χ2v) is 5.80. The second-order valence-electron chi connectivity index (χ2n) is 5.80. The number of rotatable bonds is 6. The summed E-state index contributed by atoms with van der Waals surface area (Å²) >= 11 is 0. The van der Waals surface area contributed by atoms with Gasteiger partial charge < -0.3 is 4.74 Å². The number of hydrogen-bond acceptors (Lipinski definition) is 6. The zero-order valence-electron chi connectivity index (χ0n) is 14.6. The Labute approximate surface area is 150 Å². The molecular formula is C19H19N5O2. The first-order valence-electron chi connectivity index (χ1n) is 8.11. The number of hydrazone groups is 1. The molecule has 7 heteroatoms. The van der Waals surface area contributed by atoms with Gasteiger partial charge in [0.05, 0.1) is 6.21 Å². The number of ether oxygens (including phenoxy) is 1. The third-order valence-electron chi connectivity index (χ3n) is 3.65. The smallest absolute Gasteiger partial charge is 0.274 e. The first-order chi connectivity index (χ1) is 12.6. The average Bonchev–Trinajstić information content (AvgIpc) is 2.65. The number of nitrogens with zero attached hydrogens (tertiary/aromatic N) is 3. The molecule has 3 aromatic rings. The van der Waals surface area contributed by atoms with Gasteiger partial charge in [-0.25, -0.2) is 5.43 Å². The zero-order chi connectivity index (χ0) is 18.4. The highest BCUT2D eigenvalue weighted by atomic mass is 16.5. The monoisotopic (exact) mass is 349 g/mol. The van der Waals surface area contributed by atoms with E-state index in [-0.39, 0.29) is 11.5 Å². The topological polar surface area (TPSA) is 92.3 Å². The lowest BCUT2D eigenvalue weighted by Gasteiger charge is -2.06. The molecule has 0 bridgehead atoms. The van der Waals surface area contributed by atoms with Crippen molar-refractivity contribution >= 4 is 12.2 Å². The highest BCUT2D eigenvalue weighted by molar-refractivity contribution is 5.80. The minimum absolute atomic E-state index is 0.190. The normalized spacial score (nSPS) is 10.8. The molecule has 0 aliphatic rings. The van der Waals surface area contributed by atoms with Crippen LogP contribution >= 0.6 is 0 Å². The van der Waals surface area contributed by atoms with Crippen LogP contribution in [0.1, 0.15) is 22.4 Å². The summed E-state index contributed by atoms with van der Waals surface area (Å²) in [6, 6.07) is 15.8. The SMILES string of the molecule is Cc1ccc(COc2ccc(/C=N\Nc3nnc(C)c(=O)[nH]3)cc2)cc1. The van der Waals surface area contributed by atoms with Crippen molar-refractivity contribution < 1.29 is 4.74 Å². The van der Waals surface area contributed by atoms with Gasteiger partial charge in [0, 0.05) is 0 Å². The van der Waals surface area contributed by atoms with Gasteiger partial charge in [0.2, 0.25) is 5.95 Å². The molecule has 0 fully saturated rings. The molecule has 1 aromatic heterocycles. The van der Waals surface area contributed by atoms with Crippen molar-refractivity contribution in [2.75, 3.05) is 5.43 Å². The Kier molecular flexibility index (Phi) is 5.38. The zero-order valence-corrected chi connectivity index (χ0v) is 14.6. The lowest BCUT2D eigenvalue weighted by atomic mass is 10.2. The molecule has 0 saturated carbocycles. The van der Waals surface area contributed by atoms with Gasteiger partial charge in [-0.2, -0.15) is 5.10 Å². The summed E-state index contributed by atoms with van der Waals surface area (Å²) in [5.74, 6) is 0.972. The number of hydrogen-bond donors (Lipinski definition) is 2. The Hall–Kier alpha value is -3.48. The fraction of sp³-hybridized carbons (Fsp3) is 0.158. The molecule has 0 amide bonds. The fourth-order valence-corrected chi connectivity index (χ4v) is 2.11. The van der Waals surface area contributed by atoms with E-state index in [9.17, 15) is 4.79 Å². The van der Waals surface area contributed by atoms with Crippen molar-refractivity contribution in [1.29, 1.82) is 0 Å². The minimum Gasteiger partial charge on any atom is -0.489 e. The molecule has 3 rings (SSSR count). The van der Waals surface area contributed by atoms with Gasteiger partial charge in [-0.05, 0) is 49.2 Å². The Bertz CT molecular complexity index is 947. The molecule has 0 unspecified atom stereocenters. The average molecular weight is 349 g/mol. The van der Waals surface area contributed by atoms with Crippen molar-refractivity contribution in [3.8, 4) is 5.75 Å². The Morgan fingerprint density at radius 3 is 2.50 bits per heavy atom. The van der Waals surface area contributed by atoms with E-state index in [0.29, 0.717) is 12.3 Å². The third-order valence-corrected chi connectivity index (χ3v) is 3.65. The van der Waals surface area contributed by atoms with Crippen LogP contribution in [0.3, 0.4) is 0 Å². The Morgan fingerprint density at radius 1 is 1.08 bits per heavy atom. The number of anilines is 1. The molecule has 1 heterocycles. The maximum atomic E-state index is 11.4. The second kappa shape index (κ2) is 8.06. The number of H-pyrrole nitrogens is 1. The van der Waals surface area contributed by atoms with E-state index in [2.05, 4.69) is 56.9 Å². The molecule has 132 valence electrons. The molecule has 7 nitrogen and oxygen atoms in total. The number of aryl methyl sites for hydroxylation is 2. The van der Waals surface area contributed by atoms with Crippen LogP contribution < -0.4 is 15.7 Å². The van der Waals surface area contributed by atoms with Gasteiger partial charge >= 0.3 is 0 Å². The molecule has 0 aliphatic heterocycles. The summed E-state index contributed by atoms with van der Waals surface area (Å²) in [6.45, 7) is 4.17. The molecule has 26 heavy (non-hydrogen) atoms. The van der Waals surface area contributed by atoms with E-state index < -0.39 is 0 Å². The fourth-order valence-electron chi connectivity index (χ4n) is 2.11. The molecule has 0 saturated heterocycles. The lowest BCUT2D eigenvalue weighted by molar-refractivity contribution is 0.306. The number of aromatic amines is 1. The van der Waals surface area contributed by atoms with Crippen LogP contribution in [0.2, 0.25) is 0 Å². The van der Waals surface area contributed by atoms with Crippen molar-refractivity contribution in [2.24, 2.45) is 5.10 Å². The van der Waals surface area contributed by atoms with E-state index in [4.69, 9.17) is 4.74 Å². The molecule has 0 aliphatic carbocycles. The first kappa shape index (κ1) is 17.3. The lowest BCUT2D eigenvalue weighted by Crippen LogP contribution is -2.15. The van der Waals surface area contributed by atoms with E-state index >= 15 is 0 Å². The van der Waals surface area contributed by atoms with E-state index in [0.717, 1.165) is 16.9 Å². The maximum absolute atomic E-state index is 11.4. The Balaban J connectivity index is 1.54. The van der Waals surface area contributed by atoms with E-state index in [1.807, 2.05) is 24.3 Å². The van der Waals surface area contributed by atoms with Gasteiger partial charge in [-0.1, -0.05) is 29.8 Å². The van der Waals surface area contributed by atoms with Crippen molar-refractivity contribution in [2.45, 2.75) is 20.5 Å². The summed E-state index contributed by atoms with van der Waals surface area (Å²) in [4.78, 5) is 14.0. The molecule has 0 spiro atoms. The Morgan fingerprint density at radius 2 is 1.81 bits per heavy atom. The van der Waals surface area contributed by atoms with Gasteiger partial charge in [0.15, 0.2) is 0 Å². The van der Waals surface area contributed by atoms with Gasteiger partial charge in [0.25, 0.3) is 5.56 Å². The highest BCUT2D eigenvalue weighted by Gasteiger charge is 1.99. The molecule has 2 aromatic carbocycles. The summed E-state index contributed by atoms with van der Waals surface area (Å²) in [5, 5.41) is 11.5. The van der Waals surface area contributed by atoms with Crippen LogP contribution in [0.4, 0.5) is 5.95 Å². The van der Waals surface area contributed by atoms with Crippen molar-refractivity contribution in [3.05, 3.63) is 81.3 Å². The van der Waals surface area contributed by atoms with Gasteiger partial charge in [-0.3, -0.25) is 9.78 Å². The minimum atomic E-state index is -0.298. The quantitative estimate of drug-likeness (QED) is 0.527. The van der Waals surface area contributed by atoms with Gasteiger partial charge in [-0.15, -0.1) is 10.2 Å². The largest absolute Gasteiger partial charge is 0.489 e. The highest BCUT2D eigenvalue weighted by Crippen LogP contribution is 2.14. The van der Waals surface area contributed by atoms with Crippen LogP contribution in [0.25, 0.3) is 0 Å². The molecule has 0 atom stereocenters. The van der Waals surface area contributed by atoms with Gasteiger partial charge in [0.1, 0.15) is 18.1 Å². The van der Waals surface area contributed by atoms with Crippen LogP contribution in [-0.4, -0.2) is 21.4 Å². The van der Waals surface area contributed by atoms with E-state index in [1.54, 1.807) is 13.1 Å². The summed E-state index contributed by atoms with van der Waals surface area (Å²) in [6.07, 6.45) is 1.61. The molecule has 2 N–H and O–H groups in total.